The highest BCUT2D eigenvalue weighted by Gasteiger charge is 2.32. The topological polar surface area (TPSA) is 72.6 Å². The third-order valence-electron chi connectivity index (χ3n) is 5.37. The molecule has 1 aromatic heterocycles. The number of sulfone groups is 1. The highest BCUT2D eigenvalue weighted by molar-refractivity contribution is 7.91. The second-order valence-electron chi connectivity index (χ2n) is 7.48. The average Bonchev–Trinajstić information content (AvgIpc) is 3.21. The van der Waals surface area contributed by atoms with E-state index in [4.69, 9.17) is 20.8 Å². The Hall–Kier alpha value is -2.51. The number of hydrogen-bond acceptors (Lipinski definition) is 6. The van der Waals surface area contributed by atoms with E-state index in [-0.39, 0.29) is 15.8 Å². The summed E-state index contributed by atoms with van der Waals surface area (Å²) < 4.78 is 38.1. The third kappa shape index (κ3) is 4.04. The van der Waals surface area contributed by atoms with Gasteiger partial charge in [-0.05, 0) is 67.3 Å². The van der Waals surface area contributed by atoms with Crippen LogP contribution in [0.25, 0.3) is 11.5 Å². The maximum absolute atomic E-state index is 13.4. The summed E-state index contributed by atoms with van der Waals surface area (Å²) >= 11 is 5.94. The number of halogens is 1. The molecule has 0 radical (unpaired) electrons. The summed E-state index contributed by atoms with van der Waals surface area (Å²) in [6.07, 6.45) is 1.94. The zero-order valence-electron chi connectivity index (χ0n) is 16.8. The molecule has 4 rings (SSSR count). The first-order valence-electron chi connectivity index (χ1n) is 9.79. The highest BCUT2D eigenvalue weighted by atomic mass is 35.5. The molecule has 0 saturated carbocycles. The van der Waals surface area contributed by atoms with Crippen molar-refractivity contribution >= 4 is 27.3 Å². The number of piperidine rings is 1. The molecule has 0 bridgehead atoms. The maximum atomic E-state index is 13.4. The van der Waals surface area contributed by atoms with Gasteiger partial charge in [0.2, 0.25) is 26.6 Å². The average molecular weight is 447 g/mol. The van der Waals surface area contributed by atoms with Crippen molar-refractivity contribution < 1.29 is 17.6 Å². The second-order valence-corrected chi connectivity index (χ2v) is 9.79. The summed E-state index contributed by atoms with van der Waals surface area (Å²) in [4.78, 5) is 6.54. The van der Waals surface area contributed by atoms with Gasteiger partial charge in [-0.2, -0.15) is 4.98 Å². The van der Waals surface area contributed by atoms with Crippen molar-refractivity contribution in [2.45, 2.75) is 29.7 Å². The fourth-order valence-corrected chi connectivity index (χ4v) is 4.91. The third-order valence-corrected chi connectivity index (χ3v) is 7.29. The quantitative estimate of drug-likeness (QED) is 0.544. The number of rotatable bonds is 5. The molecule has 0 spiro atoms. The summed E-state index contributed by atoms with van der Waals surface area (Å²) in [7, 11) is -2.29. The van der Waals surface area contributed by atoms with E-state index in [2.05, 4.69) is 11.9 Å². The molecular weight excluding hydrogens is 424 g/mol. The van der Waals surface area contributed by atoms with Crippen molar-refractivity contribution in [1.82, 2.24) is 4.98 Å². The fourth-order valence-electron chi connectivity index (χ4n) is 3.47. The molecule has 0 unspecified atom stereocenters. The number of oxazole rings is 1. The van der Waals surface area contributed by atoms with Gasteiger partial charge >= 0.3 is 0 Å². The first-order valence-corrected chi connectivity index (χ1v) is 11.7. The monoisotopic (exact) mass is 446 g/mol. The van der Waals surface area contributed by atoms with Crippen LogP contribution >= 0.6 is 11.6 Å². The van der Waals surface area contributed by atoms with Gasteiger partial charge in [-0.15, -0.1) is 0 Å². The number of ether oxygens (including phenoxy) is 1. The Kier molecular flexibility index (Phi) is 5.75. The van der Waals surface area contributed by atoms with Gasteiger partial charge in [0.05, 0.1) is 12.0 Å². The number of nitrogens with zero attached hydrogens (tertiary/aromatic N) is 2. The predicted molar refractivity (Wildman–Crippen MR) is 116 cm³/mol. The van der Waals surface area contributed by atoms with Crippen molar-refractivity contribution in [3.8, 4) is 17.2 Å². The molecule has 0 atom stereocenters. The highest BCUT2D eigenvalue weighted by Crippen LogP contribution is 2.37. The van der Waals surface area contributed by atoms with Gasteiger partial charge in [0.25, 0.3) is 0 Å². The van der Waals surface area contributed by atoms with Crippen LogP contribution in [0.1, 0.15) is 19.8 Å². The van der Waals surface area contributed by atoms with Gasteiger partial charge in [0.15, 0.2) is 0 Å². The van der Waals surface area contributed by atoms with Crippen LogP contribution in [0, 0.1) is 5.92 Å². The Morgan fingerprint density at radius 1 is 1.07 bits per heavy atom. The molecule has 2 aromatic carbocycles. The van der Waals surface area contributed by atoms with Crippen molar-refractivity contribution in [1.29, 1.82) is 0 Å². The van der Waals surface area contributed by atoms with E-state index in [1.165, 1.54) is 12.1 Å². The molecular formula is C22H23ClN2O4S. The molecule has 2 heterocycles. The number of hydrogen-bond donors (Lipinski definition) is 0. The molecule has 1 aliphatic rings. The molecule has 0 N–H and O–H groups in total. The Bertz CT molecular complexity index is 1120. The van der Waals surface area contributed by atoms with Gasteiger partial charge < -0.3 is 14.1 Å². The van der Waals surface area contributed by atoms with Crippen LogP contribution in [0.2, 0.25) is 5.02 Å². The number of methoxy groups -OCH3 is 1. The smallest absolute Gasteiger partial charge is 0.236 e. The van der Waals surface area contributed by atoms with Crippen LogP contribution in [-0.2, 0) is 9.84 Å². The zero-order valence-corrected chi connectivity index (χ0v) is 18.4. The Morgan fingerprint density at radius 3 is 2.30 bits per heavy atom. The van der Waals surface area contributed by atoms with Gasteiger partial charge in [-0.1, -0.05) is 18.5 Å². The van der Waals surface area contributed by atoms with Gasteiger partial charge in [-0.25, -0.2) is 8.42 Å². The molecule has 0 amide bonds. The first-order chi connectivity index (χ1) is 14.4. The lowest BCUT2D eigenvalue weighted by Crippen LogP contribution is -2.33. The van der Waals surface area contributed by atoms with Gasteiger partial charge in [-0.3, -0.25) is 0 Å². The minimum absolute atomic E-state index is 0.0646. The zero-order chi connectivity index (χ0) is 21.3. The summed E-state index contributed by atoms with van der Waals surface area (Å²) in [5, 5.41) is 0.406. The van der Waals surface area contributed by atoms with E-state index >= 15 is 0 Å². The molecule has 0 aliphatic carbocycles. The Labute approximate surface area is 181 Å². The number of anilines is 1. The lowest BCUT2D eigenvalue weighted by Gasteiger charge is -2.30. The van der Waals surface area contributed by atoms with Crippen LogP contribution in [0.3, 0.4) is 0 Å². The number of benzene rings is 2. The minimum atomic E-state index is -3.88. The SMILES string of the molecule is COc1ccc(-c2nc(S(=O)(=O)c3ccc(Cl)cc3)c(N3CCC(C)CC3)o2)cc1. The number of aromatic nitrogens is 1. The minimum Gasteiger partial charge on any atom is -0.497 e. The van der Waals surface area contributed by atoms with Gasteiger partial charge in [0.1, 0.15) is 5.75 Å². The van der Waals surface area contributed by atoms with Crippen LogP contribution in [0.15, 0.2) is 62.9 Å². The predicted octanol–water partition coefficient (Wildman–Crippen LogP) is 5.07. The van der Waals surface area contributed by atoms with E-state index in [0.29, 0.717) is 28.1 Å². The van der Waals surface area contributed by atoms with Crippen molar-refractivity contribution in [3.05, 3.63) is 53.6 Å². The second kappa shape index (κ2) is 8.32. The summed E-state index contributed by atoms with van der Waals surface area (Å²) in [6.45, 7) is 3.65. The van der Waals surface area contributed by atoms with E-state index in [1.807, 2.05) is 4.90 Å². The van der Waals surface area contributed by atoms with E-state index < -0.39 is 9.84 Å². The van der Waals surface area contributed by atoms with E-state index in [1.54, 1.807) is 43.5 Å². The molecule has 30 heavy (non-hydrogen) atoms. The van der Waals surface area contributed by atoms with Crippen LogP contribution in [0.4, 0.5) is 5.88 Å². The maximum Gasteiger partial charge on any atom is 0.236 e. The van der Waals surface area contributed by atoms with Crippen LogP contribution in [-0.4, -0.2) is 33.6 Å². The standard InChI is InChI=1S/C22H23ClN2O4S/c1-15-11-13-25(14-12-15)22-21(30(26,27)19-9-5-17(23)6-10-19)24-20(29-22)16-3-7-18(28-2)8-4-16/h3-10,15H,11-14H2,1-2H3. The molecule has 1 fully saturated rings. The summed E-state index contributed by atoms with van der Waals surface area (Å²) in [5.74, 6) is 1.85. The van der Waals surface area contributed by atoms with E-state index in [0.717, 1.165) is 25.9 Å². The van der Waals surface area contributed by atoms with Crippen molar-refractivity contribution in [2.24, 2.45) is 5.92 Å². The summed E-state index contributed by atoms with van der Waals surface area (Å²) in [5.41, 5.74) is 0.681. The molecule has 1 saturated heterocycles. The lowest BCUT2D eigenvalue weighted by atomic mass is 9.99. The lowest BCUT2D eigenvalue weighted by molar-refractivity contribution is 0.414. The van der Waals surface area contributed by atoms with Crippen molar-refractivity contribution in [3.63, 3.8) is 0 Å². The van der Waals surface area contributed by atoms with Crippen molar-refractivity contribution in [2.75, 3.05) is 25.1 Å². The van der Waals surface area contributed by atoms with Crippen LogP contribution in [0.5, 0.6) is 5.75 Å². The molecule has 3 aromatic rings. The molecule has 8 heteroatoms. The summed E-state index contributed by atoms with van der Waals surface area (Å²) in [6, 6.07) is 13.3. The molecule has 1 aliphatic heterocycles. The van der Waals surface area contributed by atoms with Gasteiger partial charge in [0, 0.05) is 23.7 Å². The van der Waals surface area contributed by atoms with E-state index in [9.17, 15) is 8.42 Å². The fraction of sp³-hybridized carbons (Fsp3) is 0.318. The Balaban J connectivity index is 1.80. The normalized spacial score (nSPS) is 15.4. The largest absolute Gasteiger partial charge is 0.497 e. The Morgan fingerprint density at radius 2 is 1.70 bits per heavy atom. The van der Waals surface area contributed by atoms with Crippen LogP contribution < -0.4 is 9.64 Å². The molecule has 158 valence electrons. The molecule has 6 nitrogen and oxygen atoms in total. The first kappa shape index (κ1) is 20.8.